The van der Waals surface area contributed by atoms with Gasteiger partial charge in [-0.3, -0.25) is 38.6 Å². The van der Waals surface area contributed by atoms with Crippen molar-refractivity contribution in [3.8, 4) is 11.5 Å². The van der Waals surface area contributed by atoms with Gasteiger partial charge in [-0.05, 0) is 101 Å². The molecule has 0 aliphatic heterocycles. The Kier molecular flexibility index (Phi) is 12.7. The van der Waals surface area contributed by atoms with E-state index in [9.17, 15) is 69.6 Å². The van der Waals surface area contributed by atoms with Gasteiger partial charge in [-0.2, -0.15) is 0 Å². The smallest absolute Gasteiger partial charge is 0.255 e. The fourth-order valence-electron chi connectivity index (χ4n) is 11.3. The summed E-state index contributed by atoms with van der Waals surface area (Å²) < 4.78 is 0. The topological polar surface area (TPSA) is 329 Å². The molecule has 0 radical (unpaired) electrons. The van der Waals surface area contributed by atoms with Crippen LogP contribution >= 0.6 is 12.4 Å². The summed E-state index contributed by atoms with van der Waals surface area (Å²) in [4.78, 5) is 84.0. The number of aromatic hydroxyl groups is 2. The molecule has 6 aliphatic rings. The fraction of sp³-hybridized carbons (Fsp3) is 0.435. The molecule has 6 aliphatic carbocycles. The third-order valence-corrected chi connectivity index (χ3v) is 14.1. The molecule has 0 aromatic heterocycles. The zero-order valence-corrected chi connectivity index (χ0v) is 38.8. The van der Waals surface area contributed by atoms with Crippen molar-refractivity contribution in [2.75, 3.05) is 66.2 Å². The van der Waals surface area contributed by atoms with Crippen LogP contribution in [-0.2, 0) is 32.0 Å². The lowest BCUT2D eigenvalue weighted by Crippen LogP contribution is -2.63. The van der Waals surface area contributed by atoms with Crippen LogP contribution in [0.2, 0.25) is 0 Å². The van der Waals surface area contributed by atoms with Crippen LogP contribution in [-0.4, -0.2) is 165 Å². The number of nitrogens with two attached hydrogens (primary N) is 2. The summed E-state index contributed by atoms with van der Waals surface area (Å²) in [5, 5.41) is 87.8. The molecule has 0 bridgehead atoms. The second-order valence-electron chi connectivity index (χ2n) is 18.6. The molecule has 360 valence electrons. The summed E-state index contributed by atoms with van der Waals surface area (Å²) in [6.07, 6.45) is 0.648. The maximum Gasteiger partial charge on any atom is 0.255 e. The van der Waals surface area contributed by atoms with E-state index >= 15 is 0 Å². The lowest BCUT2D eigenvalue weighted by Gasteiger charge is -2.50. The molecule has 2 aromatic carbocycles. The number of nitrogens with zero attached hydrogens (tertiary/aromatic N) is 4. The summed E-state index contributed by atoms with van der Waals surface area (Å²) >= 11 is 0. The highest BCUT2D eigenvalue weighted by Gasteiger charge is 2.65. The van der Waals surface area contributed by atoms with Gasteiger partial charge in [-0.15, -0.1) is 12.4 Å². The number of aliphatic hydroxyl groups is 6. The second-order valence-corrected chi connectivity index (χ2v) is 18.6. The van der Waals surface area contributed by atoms with Crippen LogP contribution in [0.4, 0.5) is 11.4 Å². The Morgan fingerprint density at radius 1 is 0.567 bits per heavy atom. The van der Waals surface area contributed by atoms with Crippen LogP contribution in [0.15, 0.2) is 69.6 Å². The normalized spacial score (nSPS) is 28.7. The van der Waals surface area contributed by atoms with Crippen LogP contribution in [0.25, 0.3) is 0 Å². The monoisotopic (exact) mass is 950 g/mol. The Morgan fingerprint density at radius 3 is 1.15 bits per heavy atom. The molecule has 21 heteroatoms. The third kappa shape index (κ3) is 7.03. The Hall–Kier alpha value is -6.45. The summed E-state index contributed by atoms with van der Waals surface area (Å²) in [6, 6.07) is 4.13. The first-order valence-corrected chi connectivity index (χ1v) is 21.0. The molecule has 2 aromatic rings. The minimum Gasteiger partial charge on any atom is -0.510 e. The largest absolute Gasteiger partial charge is 0.510 e. The van der Waals surface area contributed by atoms with Crippen LogP contribution in [0.3, 0.4) is 0 Å². The molecule has 0 saturated carbocycles. The van der Waals surface area contributed by atoms with E-state index in [1.807, 2.05) is 0 Å². The van der Waals surface area contributed by atoms with Gasteiger partial charge in [-0.1, -0.05) is 0 Å². The number of allylic oxidation sites excluding steroid dienone is 2. The van der Waals surface area contributed by atoms with E-state index in [1.165, 1.54) is 21.9 Å². The second kappa shape index (κ2) is 17.0. The van der Waals surface area contributed by atoms with Crippen molar-refractivity contribution in [1.82, 2.24) is 9.80 Å². The van der Waals surface area contributed by atoms with Gasteiger partial charge in [0.25, 0.3) is 11.8 Å². The van der Waals surface area contributed by atoms with Crippen molar-refractivity contribution in [3.63, 3.8) is 0 Å². The molecule has 0 saturated heterocycles. The Balaban J connectivity index is 0.000000218. The van der Waals surface area contributed by atoms with Crippen molar-refractivity contribution in [3.05, 3.63) is 91.8 Å². The van der Waals surface area contributed by atoms with E-state index in [-0.39, 0.29) is 71.9 Å². The quantitative estimate of drug-likeness (QED) is 0.179. The minimum atomic E-state index is -2.63. The predicted octanol–water partition coefficient (Wildman–Crippen LogP) is 0.795. The van der Waals surface area contributed by atoms with E-state index in [2.05, 4.69) is 0 Å². The zero-order chi connectivity index (χ0) is 49.1. The number of fused-ring (bicyclic) bond motifs is 6. The average molecular weight is 951 g/mol. The molecule has 8 atom stereocenters. The number of benzene rings is 2. The first-order chi connectivity index (χ1) is 30.7. The number of aliphatic hydroxyl groups excluding tert-OH is 4. The molecule has 12 N–H and O–H groups in total. The molecule has 2 amide bonds. The minimum absolute atomic E-state index is 0. The first-order valence-electron chi connectivity index (χ1n) is 21.0. The molecule has 0 fully saturated rings. The van der Waals surface area contributed by atoms with E-state index < -0.39 is 116 Å². The highest BCUT2D eigenvalue weighted by molar-refractivity contribution is 6.26. The van der Waals surface area contributed by atoms with Crippen molar-refractivity contribution >= 4 is 58.7 Å². The van der Waals surface area contributed by atoms with Gasteiger partial charge in [-0.25, -0.2) is 0 Å². The number of phenols is 2. The van der Waals surface area contributed by atoms with Gasteiger partial charge >= 0.3 is 0 Å². The number of Topliss-reactive ketones (excluding diaryl/α,β-unsaturated/α-hetero) is 4. The molecule has 8 rings (SSSR count). The predicted molar refractivity (Wildman–Crippen MR) is 243 cm³/mol. The van der Waals surface area contributed by atoms with Crippen molar-refractivity contribution in [1.29, 1.82) is 0 Å². The number of amides is 2. The SMILES string of the molecule is CN(C)c1ccc(O)c2c1C[C@H]1C[C@H]3[C@H](N(C)C)C(O)=C(C(N)=O)C(=O)[C@@]3(O)C(O)=C1C2=O.CN(C)c1ccc(O)c2c1C[C@H]1C[C@H]3[C@H](N(C)C)C(O)=C(C(N)=O)C(=O)[C@@]3(O)C(O)=C1C2=O.Cl. The lowest BCUT2D eigenvalue weighted by atomic mass is 9.58. The van der Waals surface area contributed by atoms with Gasteiger partial charge in [0.05, 0.1) is 23.2 Å². The van der Waals surface area contributed by atoms with E-state index in [1.54, 1.807) is 78.3 Å². The number of phenolic OH excluding ortho intramolecular Hbond substituents is 2. The van der Waals surface area contributed by atoms with Crippen LogP contribution in [0.1, 0.15) is 44.7 Å². The Bertz CT molecular complexity index is 2520. The van der Waals surface area contributed by atoms with Crippen molar-refractivity contribution < 1.29 is 69.6 Å². The molecule has 0 spiro atoms. The van der Waals surface area contributed by atoms with Gasteiger partial charge < -0.3 is 62.1 Å². The third-order valence-electron chi connectivity index (χ3n) is 14.1. The number of hydrogen-bond donors (Lipinski definition) is 10. The van der Waals surface area contributed by atoms with Crippen LogP contribution < -0.4 is 21.3 Å². The molecule has 67 heavy (non-hydrogen) atoms. The van der Waals surface area contributed by atoms with Crippen molar-refractivity contribution in [2.45, 2.75) is 49.0 Å². The fourth-order valence-corrected chi connectivity index (χ4v) is 11.3. The molecule has 0 heterocycles. The van der Waals surface area contributed by atoms with Crippen LogP contribution in [0.5, 0.6) is 11.5 Å². The highest BCUT2D eigenvalue weighted by atomic mass is 35.5. The number of likely N-dealkylation sites (N-methyl/N-ethyl adjacent to an activating group) is 2. The summed E-state index contributed by atoms with van der Waals surface area (Å²) in [6.45, 7) is 0. The Morgan fingerprint density at radius 2 is 0.881 bits per heavy atom. The number of carbonyl (C=O) groups excluding carboxylic acids is 6. The maximum atomic E-state index is 13.5. The summed E-state index contributed by atoms with van der Waals surface area (Å²) in [5.41, 5.74) is 6.05. The van der Waals surface area contributed by atoms with E-state index in [0.29, 0.717) is 11.1 Å². The van der Waals surface area contributed by atoms with Crippen molar-refractivity contribution in [2.24, 2.45) is 35.1 Å². The number of hydrogen-bond acceptors (Lipinski definition) is 18. The summed E-state index contributed by atoms with van der Waals surface area (Å²) in [5.74, 6) is -13.1. The van der Waals surface area contributed by atoms with Crippen LogP contribution in [0, 0.1) is 23.7 Å². The van der Waals surface area contributed by atoms with E-state index in [4.69, 9.17) is 11.5 Å². The number of anilines is 2. The van der Waals surface area contributed by atoms with Gasteiger partial charge in [0.2, 0.25) is 11.6 Å². The molecule has 0 unspecified atom stereocenters. The number of carbonyl (C=O) groups is 6. The number of halogens is 1. The van der Waals surface area contributed by atoms with E-state index in [0.717, 1.165) is 11.4 Å². The molecule has 20 nitrogen and oxygen atoms in total. The maximum absolute atomic E-state index is 13.5. The van der Waals surface area contributed by atoms with Gasteiger partial charge in [0, 0.05) is 62.5 Å². The lowest BCUT2D eigenvalue weighted by molar-refractivity contribution is -0.149. The number of primary amides is 2. The first kappa shape index (κ1) is 50.0. The summed E-state index contributed by atoms with van der Waals surface area (Å²) in [7, 11) is 13.6. The standard InChI is InChI=1S/2C23H27N3O7.ClH/c2*1-25(2)12-5-6-13(27)15-10(12)7-9-8-11-17(26(3)4)19(29)16(22(24)32)21(31)23(11,33)20(30)14(9)18(15)28;/h2*5-6,9,11,17,27,29-30,33H,7-8H2,1-4H3,(H2,24,32);1H/t2*9-,11-,17-,23-;/m00./s1. The van der Waals surface area contributed by atoms with Gasteiger partial charge in [0.1, 0.15) is 45.7 Å². The number of rotatable bonds is 6. The zero-order valence-electron chi connectivity index (χ0n) is 38.0. The molecular formula is C46H55ClN6O14. The average Bonchev–Trinajstić information content (AvgIpc) is 3.20. The highest BCUT2D eigenvalue weighted by Crippen LogP contribution is 2.55. The number of ketones is 4. The van der Waals surface area contributed by atoms with Gasteiger partial charge in [0.15, 0.2) is 22.8 Å². The Labute approximate surface area is 390 Å². The molecular weight excluding hydrogens is 896 g/mol.